The fraction of sp³-hybridized carbons (Fsp3) is 0.192. The number of esters is 2. The Morgan fingerprint density at radius 2 is 1.24 bits per heavy atom. The number of aldehydes is 1. The predicted molar refractivity (Wildman–Crippen MR) is 122 cm³/mol. The molecular weight excluding hydrogens is 424 g/mol. The van der Waals surface area contributed by atoms with Gasteiger partial charge in [-0.3, -0.25) is 4.79 Å². The minimum atomic E-state index is -0.671. The molecule has 0 aliphatic rings. The average molecular weight is 448 g/mol. The molecule has 7 heteroatoms. The van der Waals surface area contributed by atoms with Crippen LogP contribution in [0.4, 0.5) is 0 Å². The lowest BCUT2D eigenvalue weighted by atomic mass is 10.1. The lowest BCUT2D eigenvalue weighted by molar-refractivity contribution is 0.0727. The van der Waals surface area contributed by atoms with Gasteiger partial charge in [0.1, 0.15) is 28.6 Å². The van der Waals surface area contributed by atoms with Crippen molar-refractivity contribution in [3.05, 3.63) is 81.9 Å². The van der Waals surface area contributed by atoms with Gasteiger partial charge in [0, 0.05) is 11.1 Å². The topological polar surface area (TPSA) is 88.1 Å². The summed E-state index contributed by atoms with van der Waals surface area (Å²) in [5, 5.41) is 0. The van der Waals surface area contributed by atoms with Crippen molar-refractivity contribution in [3.8, 4) is 23.0 Å². The maximum atomic E-state index is 12.9. The van der Waals surface area contributed by atoms with E-state index in [1.165, 1.54) is 38.5 Å². The summed E-state index contributed by atoms with van der Waals surface area (Å²) >= 11 is 0. The van der Waals surface area contributed by atoms with Crippen molar-refractivity contribution >= 4 is 18.2 Å². The van der Waals surface area contributed by atoms with Crippen LogP contribution in [0.1, 0.15) is 47.8 Å². The Bertz CT molecular complexity index is 1230. The molecule has 7 nitrogen and oxygen atoms in total. The van der Waals surface area contributed by atoms with Crippen molar-refractivity contribution in [1.82, 2.24) is 0 Å². The molecule has 0 aromatic heterocycles. The molecule has 33 heavy (non-hydrogen) atoms. The fourth-order valence-corrected chi connectivity index (χ4v) is 3.49. The largest absolute Gasteiger partial charge is 0.496 e. The lowest BCUT2D eigenvalue weighted by Crippen LogP contribution is -2.14. The minimum absolute atomic E-state index is 0.156. The lowest BCUT2D eigenvalue weighted by Gasteiger charge is -2.16. The second kappa shape index (κ2) is 9.99. The molecule has 0 spiro atoms. The molecule has 0 heterocycles. The number of carbonyl (C=O) groups is 3. The summed E-state index contributed by atoms with van der Waals surface area (Å²) in [7, 11) is 2.85. The third kappa shape index (κ3) is 4.72. The summed E-state index contributed by atoms with van der Waals surface area (Å²) in [4.78, 5) is 36.7. The Morgan fingerprint density at radius 1 is 0.697 bits per heavy atom. The molecule has 0 aliphatic carbocycles. The Hall–Kier alpha value is -4.13. The molecule has 0 aliphatic heterocycles. The highest BCUT2D eigenvalue weighted by molar-refractivity contribution is 5.96. The number of rotatable bonds is 7. The van der Waals surface area contributed by atoms with Gasteiger partial charge in [-0.1, -0.05) is 18.2 Å². The van der Waals surface area contributed by atoms with Crippen LogP contribution in [0, 0.1) is 20.8 Å². The SMILES string of the molecule is COc1c(C=O)ccc(OC(=O)c2ccc(OC(=O)c3ccccc3C)c(C)c2OC)c1C. The molecule has 3 aromatic rings. The van der Waals surface area contributed by atoms with Crippen molar-refractivity contribution in [2.24, 2.45) is 0 Å². The van der Waals surface area contributed by atoms with Crippen LogP contribution < -0.4 is 18.9 Å². The highest BCUT2D eigenvalue weighted by Crippen LogP contribution is 2.35. The van der Waals surface area contributed by atoms with Gasteiger partial charge in [0.05, 0.1) is 25.3 Å². The van der Waals surface area contributed by atoms with Crippen LogP contribution in [0.5, 0.6) is 23.0 Å². The highest BCUT2D eigenvalue weighted by atomic mass is 16.5. The molecule has 0 bridgehead atoms. The first-order chi connectivity index (χ1) is 15.8. The zero-order chi connectivity index (χ0) is 24.1. The van der Waals surface area contributed by atoms with Crippen LogP contribution in [0.3, 0.4) is 0 Å². The number of hydrogen-bond acceptors (Lipinski definition) is 7. The molecule has 3 rings (SSSR count). The first kappa shape index (κ1) is 23.5. The zero-order valence-electron chi connectivity index (χ0n) is 19.1. The molecule has 0 amide bonds. The molecular formula is C26H24O7. The van der Waals surface area contributed by atoms with Crippen molar-refractivity contribution < 1.29 is 33.3 Å². The number of benzene rings is 3. The normalized spacial score (nSPS) is 10.3. The summed E-state index contributed by atoms with van der Waals surface area (Å²) in [5.74, 6) is -0.106. The van der Waals surface area contributed by atoms with Gasteiger partial charge in [-0.25, -0.2) is 9.59 Å². The van der Waals surface area contributed by atoms with Gasteiger partial charge in [0.25, 0.3) is 0 Å². The van der Waals surface area contributed by atoms with Gasteiger partial charge in [0.2, 0.25) is 0 Å². The van der Waals surface area contributed by atoms with E-state index in [-0.39, 0.29) is 22.8 Å². The second-order valence-corrected chi connectivity index (χ2v) is 7.29. The van der Waals surface area contributed by atoms with Gasteiger partial charge in [-0.05, 0) is 56.7 Å². The maximum Gasteiger partial charge on any atom is 0.347 e. The number of ether oxygens (including phenoxy) is 4. The molecule has 0 saturated carbocycles. The Balaban J connectivity index is 1.90. The van der Waals surface area contributed by atoms with Crippen molar-refractivity contribution in [2.45, 2.75) is 20.8 Å². The van der Waals surface area contributed by atoms with Crippen molar-refractivity contribution in [2.75, 3.05) is 14.2 Å². The Labute approximate surface area is 191 Å². The highest BCUT2D eigenvalue weighted by Gasteiger charge is 2.23. The summed E-state index contributed by atoms with van der Waals surface area (Å²) in [6.07, 6.45) is 0.667. The number of hydrogen-bond donors (Lipinski definition) is 0. The van der Waals surface area contributed by atoms with E-state index in [9.17, 15) is 14.4 Å². The first-order valence-electron chi connectivity index (χ1n) is 10.1. The summed E-state index contributed by atoms with van der Waals surface area (Å²) < 4.78 is 21.8. The smallest absolute Gasteiger partial charge is 0.347 e. The van der Waals surface area contributed by atoms with Crippen LogP contribution in [0.25, 0.3) is 0 Å². The van der Waals surface area contributed by atoms with Gasteiger partial charge in [-0.2, -0.15) is 0 Å². The molecule has 0 unspecified atom stereocenters. The zero-order valence-corrected chi connectivity index (χ0v) is 19.1. The predicted octanol–water partition coefficient (Wildman–Crippen LogP) is 4.88. The maximum absolute atomic E-state index is 12.9. The molecule has 0 fully saturated rings. The molecule has 0 N–H and O–H groups in total. The van der Waals surface area contributed by atoms with E-state index < -0.39 is 11.9 Å². The number of methoxy groups -OCH3 is 2. The van der Waals surface area contributed by atoms with Crippen LogP contribution in [-0.2, 0) is 0 Å². The molecule has 0 radical (unpaired) electrons. The second-order valence-electron chi connectivity index (χ2n) is 7.29. The van der Waals surface area contributed by atoms with Crippen LogP contribution >= 0.6 is 0 Å². The Morgan fingerprint density at radius 3 is 1.82 bits per heavy atom. The molecule has 0 atom stereocenters. The summed E-state index contributed by atoms with van der Waals surface area (Å²) in [6, 6.07) is 13.1. The van der Waals surface area contributed by atoms with E-state index in [4.69, 9.17) is 18.9 Å². The number of carbonyl (C=O) groups excluding carboxylic acids is 3. The molecule has 170 valence electrons. The minimum Gasteiger partial charge on any atom is -0.496 e. The van der Waals surface area contributed by atoms with Gasteiger partial charge < -0.3 is 18.9 Å². The molecule has 0 saturated heterocycles. The van der Waals surface area contributed by atoms with Gasteiger partial charge in [0.15, 0.2) is 6.29 Å². The van der Waals surface area contributed by atoms with Crippen molar-refractivity contribution in [1.29, 1.82) is 0 Å². The average Bonchev–Trinajstić information content (AvgIpc) is 2.81. The Kier molecular flexibility index (Phi) is 7.13. The third-order valence-corrected chi connectivity index (χ3v) is 5.27. The first-order valence-corrected chi connectivity index (χ1v) is 10.1. The van der Waals surface area contributed by atoms with E-state index in [0.29, 0.717) is 34.3 Å². The van der Waals surface area contributed by atoms with Gasteiger partial charge >= 0.3 is 11.9 Å². The molecule has 3 aromatic carbocycles. The third-order valence-electron chi connectivity index (χ3n) is 5.27. The quantitative estimate of drug-likeness (QED) is 0.289. The van der Waals surface area contributed by atoms with Crippen LogP contribution in [0.15, 0.2) is 48.5 Å². The van der Waals surface area contributed by atoms with E-state index >= 15 is 0 Å². The van der Waals surface area contributed by atoms with E-state index in [2.05, 4.69) is 0 Å². The van der Waals surface area contributed by atoms with Gasteiger partial charge in [-0.15, -0.1) is 0 Å². The summed E-state index contributed by atoms with van der Waals surface area (Å²) in [6.45, 7) is 5.19. The van der Waals surface area contributed by atoms with E-state index in [1.807, 2.05) is 19.1 Å². The van der Waals surface area contributed by atoms with E-state index in [0.717, 1.165) is 5.56 Å². The van der Waals surface area contributed by atoms with E-state index in [1.54, 1.807) is 26.0 Å². The number of aryl methyl sites for hydroxylation is 1. The fourth-order valence-electron chi connectivity index (χ4n) is 3.49. The van der Waals surface area contributed by atoms with Crippen molar-refractivity contribution in [3.63, 3.8) is 0 Å². The van der Waals surface area contributed by atoms with Crippen LogP contribution in [-0.4, -0.2) is 32.4 Å². The standard InChI is InChI=1S/C26H24O7/c1-15-8-6-7-9-19(15)25(28)32-22-13-11-20(24(31-5)17(22)3)26(29)33-21-12-10-18(14-27)23(30-4)16(21)2/h6-14H,1-5H3. The monoisotopic (exact) mass is 448 g/mol. The summed E-state index contributed by atoms with van der Waals surface area (Å²) in [5.41, 5.74) is 2.72. The van der Waals surface area contributed by atoms with Crippen LogP contribution in [0.2, 0.25) is 0 Å².